The number of sulfonamides is 1. The van der Waals surface area contributed by atoms with Crippen molar-refractivity contribution in [1.82, 2.24) is 5.32 Å². The Morgan fingerprint density at radius 2 is 1.67 bits per heavy atom. The van der Waals surface area contributed by atoms with Gasteiger partial charge in [-0.3, -0.25) is 14.3 Å². The molecule has 1 rings (SSSR count). The zero-order valence-electron chi connectivity index (χ0n) is 12.0. The minimum Gasteiger partial charge on any atom is -0.480 e. The van der Waals surface area contributed by atoms with Crippen molar-refractivity contribution in [3.05, 3.63) is 29.8 Å². The summed E-state index contributed by atoms with van der Waals surface area (Å²) in [4.78, 5) is 22.3. The number of carboxylic acid groups (broad SMARTS) is 1. The normalized spacial score (nSPS) is 11.8. The predicted molar refractivity (Wildman–Crippen MR) is 78.7 cm³/mol. The van der Waals surface area contributed by atoms with Crippen LogP contribution in [0.15, 0.2) is 24.3 Å². The van der Waals surface area contributed by atoms with E-state index in [4.69, 9.17) is 5.11 Å². The van der Waals surface area contributed by atoms with E-state index in [2.05, 4.69) is 10.0 Å². The Morgan fingerprint density at radius 3 is 2.10 bits per heavy atom. The average Bonchev–Trinajstić information content (AvgIpc) is 2.24. The third kappa shape index (κ3) is 6.26. The van der Waals surface area contributed by atoms with Crippen LogP contribution < -0.4 is 10.0 Å². The van der Waals surface area contributed by atoms with Crippen molar-refractivity contribution in [2.45, 2.75) is 26.3 Å². The van der Waals surface area contributed by atoms with Crippen molar-refractivity contribution >= 4 is 27.6 Å². The van der Waals surface area contributed by atoms with Gasteiger partial charge in [-0.05, 0) is 45.0 Å². The average molecular weight is 314 g/mol. The van der Waals surface area contributed by atoms with Gasteiger partial charge >= 0.3 is 5.97 Å². The summed E-state index contributed by atoms with van der Waals surface area (Å²) >= 11 is 0. The molecular weight excluding hydrogens is 296 g/mol. The Bertz CT molecular complexity index is 630. The third-order valence-corrected chi connectivity index (χ3v) is 3.40. The molecule has 0 aliphatic heterocycles. The Labute approximate surface area is 123 Å². The van der Waals surface area contributed by atoms with Crippen LogP contribution in [-0.4, -0.2) is 36.7 Å². The first kappa shape index (κ1) is 17.0. The third-order valence-electron chi connectivity index (χ3n) is 2.22. The Morgan fingerprint density at radius 1 is 1.14 bits per heavy atom. The number of anilines is 1. The van der Waals surface area contributed by atoms with Gasteiger partial charge in [0.15, 0.2) is 5.75 Å². The van der Waals surface area contributed by atoms with E-state index in [0.29, 0.717) is 5.56 Å². The number of benzene rings is 1. The first-order valence-corrected chi connectivity index (χ1v) is 7.79. The van der Waals surface area contributed by atoms with Gasteiger partial charge in [0.2, 0.25) is 10.0 Å². The molecule has 0 saturated heterocycles. The highest BCUT2D eigenvalue weighted by atomic mass is 32.2. The van der Waals surface area contributed by atoms with Gasteiger partial charge in [-0.15, -0.1) is 0 Å². The van der Waals surface area contributed by atoms with E-state index >= 15 is 0 Å². The minimum atomic E-state index is -3.95. The summed E-state index contributed by atoms with van der Waals surface area (Å²) in [6.45, 7) is 5.54. The van der Waals surface area contributed by atoms with Gasteiger partial charge in [-0.25, -0.2) is 8.42 Å². The van der Waals surface area contributed by atoms with Crippen molar-refractivity contribution in [3.63, 3.8) is 0 Å². The molecule has 0 fully saturated rings. The highest BCUT2D eigenvalue weighted by Gasteiger charge is 2.17. The fourth-order valence-corrected chi connectivity index (χ4v) is 2.37. The van der Waals surface area contributed by atoms with Gasteiger partial charge in [0, 0.05) is 16.8 Å². The zero-order valence-corrected chi connectivity index (χ0v) is 12.8. The molecule has 3 N–H and O–H groups in total. The molecule has 0 spiro atoms. The quantitative estimate of drug-likeness (QED) is 0.751. The summed E-state index contributed by atoms with van der Waals surface area (Å²) in [6.07, 6.45) is 0. The van der Waals surface area contributed by atoms with Crippen molar-refractivity contribution in [2.75, 3.05) is 10.5 Å². The fraction of sp³-hybridized carbons (Fsp3) is 0.385. The Kier molecular flexibility index (Phi) is 4.95. The summed E-state index contributed by atoms with van der Waals surface area (Å²) in [5, 5.41) is 11.3. The lowest BCUT2D eigenvalue weighted by Crippen LogP contribution is -2.40. The van der Waals surface area contributed by atoms with Crippen molar-refractivity contribution in [1.29, 1.82) is 0 Å². The highest BCUT2D eigenvalue weighted by Crippen LogP contribution is 2.12. The van der Waals surface area contributed by atoms with E-state index in [1.165, 1.54) is 24.3 Å². The summed E-state index contributed by atoms with van der Waals surface area (Å²) in [7, 11) is -3.95. The number of aliphatic carboxylic acids is 1. The molecule has 7 nitrogen and oxygen atoms in total. The molecule has 0 heterocycles. The van der Waals surface area contributed by atoms with E-state index in [1.54, 1.807) is 0 Å². The van der Waals surface area contributed by atoms with Crippen LogP contribution in [0, 0.1) is 0 Å². The molecule has 0 aromatic heterocycles. The lowest BCUT2D eigenvalue weighted by Gasteiger charge is -2.20. The van der Waals surface area contributed by atoms with Gasteiger partial charge in [-0.1, -0.05) is 0 Å². The maximum Gasteiger partial charge on any atom is 0.320 e. The largest absolute Gasteiger partial charge is 0.480 e. The molecule has 1 amide bonds. The molecule has 0 unspecified atom stereocenters. The lowest BCUT2D eigenvalue weighted by atomic mass is 10.1. The molecule has 1 aromatic rings. The molecule has 0 saturated carbocycles. The first-order valence-electron chi connectivity index (χ1n) is 6.13. The van der Waals surface area contributed by atoms with Gasteiger partial charge in [0.1, 0.15) is 0 Å². The van der Waals surface area contributed by atoms with Gasteiger partial charge < -0.3 is 10.4 Å². The molecule has 21 heavy (non-hydrogen) atoms. The van der Waals surface area contributed by atoms with E-state index in [-0.39, 0.29) is 17.1 Å². The highest BCUT2D eigenvalue weighted by molar-refractivity contribution is 7.93. The van der Waals surface area contributed by atoms with Crippen LogP contribution in [0.25, 0.3) is 0 Å². The molecular formula is C13H18N2O5S. The number of carbonyl (C=O) groups excluding carboxylic acids is 1. The Hall–Kier alpha value is -2.09. The maximum atomic E-state index is 11.9. The number of hydrogen-bond donors (Lipinski definition) is 3. The number of nitrogens with one attached hydrogen (secondary N) is 2. The molecule has 116 valence electrons. The summed E-state index contributed by atoms with van der Waals surface area (Å²) in [6, 6.07) is 5.72. The zero-order chi connectivity index (χ0) is 16.3. The lowest BCUT2D eigenvalue weighted by molar-refractivity contribution is -0.134. The summed E-state index contributed by atoms with van der Waals surface area (Å²) in [5.41, 5.74) is 0.202. The van der Waals surface area contributed by atoms with Gasteiger partial charge in [-0.2, -0.15) is 0 Å². The van der Waals surface area contributed by atoms with Crippen LogP contribution >= 0.6 is 0 Å². The standard InChI is InChI=1S/C13H18N2O5S/c1-13(2,3)14-12(18)9-4-6-10(7-5-9)15-21(19,20)8-11(16)17/h4-7,15H,8H2,1-3H3,(H,14,18)(H,16,17). The number of carbonyl (C=O) groups is 2. The van der Waals surface area contributed by atoms with Crippen molar-refractivity contribution < 1.29 is 23.1 Å². The summed E-state index contributed by atoms with van der Waals surface area (Å²) in [5.74, 6) is -2.73. The SMILES string of the molecule is CC(C)(C)NC(=O)c1ccc(NS(=O)(=O)CC(=O)O)cc1. The topological polar surface area (TPSA) is 113 Å². The van der Waals surface area contributed by atoms with Crippen LogP contribution in [-0.2, 0) is 14.8 Å². The molecule has 0 radical (unpaired) electrons. The molecule has 8 heteroatoms. The number of carboxylic acids is 1. The van der Waals surface area contributed by atoms with Crippen molar-refractivity contribution in [2.24, 2.45) is 0 Å². The van der Waals surface area contributed by atoms with Crippen molar-refractivity contribution in [3.8, 4) is 0 Å². The van der Waals surface area contributed by atoms with Crippen LogP contribution in [0.3, 0.4) is 0 Å². The first-order chi connectivity index (χ1) is 9.48. The Balaban J connectivity index is 2.79. The smallest absolute Gasteiger partial charge is 0.320 e. The van der Waals surface area contributed by atoms with E-state index in [1.807, 2.05) is 20.8 Å². The van der Waals surface area contributed by atoms with Gasteiger partial charge in [0.25, 0.3) is 5.91 Å². The van der Waals surface area contributed by atoms with Crippen LogP contribution in [0.5, 0.6) is 0 Å². The summed E-state index contributed by atoms with van der Waals surface area (Å²) < 4.78 is 25.0. The van der Waals surface area contributed by atoms with Crippen LogP contribution in [0.4, 0.5) is 5.69 Å². The molecule has 1 aromatic carbocycles. The fourth-order valence-electron chi connectivity index (χ4n) is 1.48. The second-order valence-corrected chi connectivity index (χ2v) is 7.26. The number of amides is 1. The minimum absolute atomic E-state index is 0.198. The van der Waals surface area contributed by atoms with Gasteiger partial charge in [0.05, 0.1) is 0 Å². The maximum absolute atomic E-state index is 11.9. The number of rotatable bonds is 5. The molecule has 0 atom stereocenters. The predicted octanol–water partition coefficient (Wildman–Crippen LogP) is 1.04. The monoisotopic (exact) mass is 314 g/mol. The molecule has 0 aliphatic carbocycles. The second kappa shape index (κ2) is 6.13. The second-order valence-electron chi connectivity index (χ2n) is 5.54. The molecule has 0 bridgehead atoms. The van der Waals surface area contributed by atoms with E-state index < -0.39 is 21.7 Å². The van der Waals surface area contributed by atoms with Crippen LogP contribution in [0.2, 0.25) is 0 Å². The van der Waals surface area contributed by atoms with Crippen LogP contribution in [0.1, 0.15) is 31.1 Å². The van der Waals surface area contributed by atoms with E-state index in [9.17, 15) is 18.0 Å². The van der Waals surface area contributed by atoms with E-state index in [0.717, 1.165) is 0 Å². The number of hydrogen-bond acceptors (Lipinski definition) is 4. The molecule has 0 aliphatic rings.